The Bertz CT molecular complexity index is 1410. The molecule has 0 saturated carbocycles. The number of nitrogens with zero attached hydrogens (tertiary/aromatic N) is 7. The molecule has 3 N–H and O–H groups in total. The molecule has 1 saturated heterocycles. The van der Waals surface area contributed by atoms with E-state index in [9.17, 15) is 0 Å². The van der Waals surface area contributed by atoms with Crippen LogP contribution in [0.2, 0.25) is 0 Å². The summed E-state index contributed by atoms with van der Waals surface area (Å²) in [5.41, 5.74) is 8.21. The van der Waals surface area contributed by atoms with Crippen LogP contribution in [-0.2, 0) is 6.54 Å². The fourth-order valence-corrected chi connectivity index (χ4v) is 4.34. The van der Waals surface area contributed by atoms with Gasteiger partial charge in [0.15, 0.2) is 5.76 Å². The predicted octanol–water partition coefficient (Wildman–Crippen LogP) is 2.99. The first-order chi connectivity index (χ1) is 16.2. The molecular formula is C23H23N9O. The second kappa shape index (κ2) is 8.14. The average Bonchev–Trinajstić information content (AvgIpc) is 3.58. The van der Waals surface area contributed by atoms with Crippen molar-refractivity contribution in [3.8, 4) is 11.6 Å². The van der Waals surface area contributed by atoms with E-state index in [0.29, 0.717) is 35.9 Å². The van der Waals surface area contributed by atoms with Crippen LogP contribution < -0.4 is 11.1 Å². The van der Waals surface area contributed by atoms with Crippen LogP contribution in [0.3, 0.4) is 0 Å². The largest absolute Gasteiger partial charge is 0.461 e. The van der Waals surface area contributed by atoms with Gasteiger partial charge >= 0.3 is 0 Å². The Hall–Kier alpha value is -4.05. The first-order valence-electron chi connectivity index (χ1n) is 11.0. The number of furan rings is 1. The van der Waals surface area contributed by atoms with Crippen molar-refractivity contribution in [1.29, 1.82) is 0 Å². The molecule has 5 heterocycles. The number of pyridine rings is 1. The zero-order chi connectivity index (χ0) is 22.2. The van der Waals surface area contributed by atoms with E-state index in [-0.39, 0.29) is 5.95 Å². The molecule has 0 unspecified atom stereocenters. The lowest BCUT2D eigenvalue weighted by molar-refractivity contribution is 0.251. The lowest BCUT2D eigenvalue weighted by Crippen LogP contribution is -2.35. The number of rotatable bonds is 6. The molecular weight excluding hydrogens is 418 g/mol. The summed E-state index contributed by atoms with van der Waals surface area (Å²) in [5, 5.41) is 8.83. The minimum Gasteiger partial charge on any atom is -0.461 e. The normalized spacial score (nSPS) is 16.7. The molecule has 0 bridgehead atoms. The van der Waals surface area contributed by atoms with Gasteiger partial charge in [0.25, 0.3) is 5.78 Å². The summed E-state index contributed by atoms with van der Waals surface area (Å²) in [6.45, 7) is 2.57. The number of benzene rings is 1. The number of fused-ring (bicyclic) bond motifs is 2. The third-order valence-corrected chi connectivity index (χ3v) is 5.99. The van der Waals surface area contributed by atoms with E-state index in [2.05, 4.69) is 54.5 Å². The fourth-order valence-electron chi connectivity index (χ4n) is 4.34. The number of hydrogen-bond acceptors (Lipinski definition) is 9. The molecule has 166 valence electrons. The monoisotopic (exact) mass is 441 g/mol. The molecule has 33 heavy (non-hydrogen) atoms. The first kappa shape index (κ1) is 19.6. The van der Waals surface area contributed by atoms with Crippen molar-refractivity contribution >= 4 is 28.6 Å². The first-order valence-corrected chi connectivity index (χ1v) is 11.0. The van der Waals surface area contributed by atoms with Crippen molar-refractivity contribution in [3.63, 3.8) is 0 Å². The molecule has 1 fully saturated rings. The van der Waals surface area contributed by atoms with Gasteiger partial charge in [0.1, 0.15) is 0 Å². The standard InChI is InChI=1S/C23H23N9O/c24-21-28-22(29-23-27-20(30-32(21)23)19-8-4-12-33-19)25-13-17-6-3-11-31(17)14-16-10-9-15-5-1-2-7-18(15)26-16/h1-2,4-5,7-10,12,17H,3,6,11,13-14H2,(H3,24,25,27,28,29,30)/t17-/m1/s1. The maximum Gasteiger partial charge on any atom is 0.259 e. The number of aromatic nitrogens is 6. The van der Waals surface area contributed by atoms with Crippen molar-refractivity contribution in [1.82, 2.24) is 34.4 Å². The molecule has 5 aromatic rings. The van der Waals surface area contributed by atoms with Crippen LogP contribution in [0.5, 0.6) is 0 Å². The molecule has 1 atom stereocenters. The molecule has 10 nitrogen and oxygen atoms in total. The summed E-state index contributed by atoms with van der Waals surface area (Å²) < 4.78 is 6.78. The van der Waals surface area contributed by atoms with E-state index in [0.717, 1.165) is 42.5 Å². The lowest BCUT2D eigenvalue weighted by atomic mass is 10.2. The molecule has 6 rings (SSSR count). The maximum atomic E-state index is 6.10. The second-order valence-corrected chi connectivity index (χ2v) is 8.17. The van der Waals surface area contributed by atoms with Crippen LogP contribution in [0.1, 0.15) is 18.5 Å². The highest BCUT2D eigenvalue weighted by molar-refractivity contribution is 5.78. The van der Waals surface area contributed by atoms with Crippen molar-refractivity contribution in [2.45, 2.75) is 25.4 Å². The Balaban J connectivity index is 1.16. The highest BCUT2D eigenvalue weighted by Crippen LogP contribution is 2.22. The number of nitrogens with one attached hydrogen (secondary N) is 1. The van der Waals surface area contributed by atoms with Crippen LogP contribution >= 0.6 is 0 Å². The average molecular weight is 441 g/mol. The lowest BCUT2D eigenvalue weighted by Gasteiger charge is -2.24. The molecule has 1 aliphatic rings. The molecule has 0 amide bonds. The van der Waals surface area contributed by atoms with Crippen molar-refractivity contribution < 1.29 is 4.42 Å². The number of nitrogens with two attached hydrogens (primary N) is 1. The van der Waals surface area contributed by atoms with Crippen molar-refractivity contribution in [2.24, 2.45) is 0 Å². The van der Waals surface area contributed by atoms with Gasteiger partial charge in [-0.05, 0) is 43.7 Å². The zero-order valence-corrected chi connectivity index (χ0v) is 17.9. The number of hydrogen-bond donors (Lipinski definition) is 2. The van der Waals surface area contributed by atoms with Crippen LogP contribution in [0.15, 0.2) is 59.2 Å². The van der Waals surface area contributed by atoms with Crippen molar-refractivity contribution in [3.05, 3.63) is 60.5 Å². The summed E-state index contributed by atoms with van der Waals surface area (Å²) in [4.78, 5) is 20.5. The van der Waals surface area contributed by atoms with Crippen LogP contribution in [0.25, 0.3) is 28.3 Å². The second-order valence-electron chi connectivity index (χ2n) is 8.17. The minimum atomic E-state index is 0.219. The molecule has 4 aromatic heterocycles. The highest BCUT2D eigenvalue weighted by Gasteiger charge is 2.25. The van der Waals surface area contributed by atoms with Crippen molar-refractivity contribution in [2.75, 3.05) is 24.1 Å². The van der Waals surface area contributed by atoms with Crippen LogP contribution in [-0.4, -0.2) is 53.6 Å². The molecule has 0 spiro atoms. The summed E-state index contributed by atoms with van der Waals surface area (Å²) in [6, 6.07) is 16.4. The summed E-state index contributed by atoms with van der Waals surface area (Å²) in [6.07, 6.45) is 3.83. The van der Waals surface area contributed by atoms with Gasteiger partial charge in [0.05, 0.1) is 17.5 Å². The quantitative estimate of drug-likeness (QED) is 0.409. The Labute approximate surface area is 189 Å². The van der Waals surface area contributed by atoms with E-state index in [1.54, 1.807) is 18.4 Å². The SMILES string of the molecule is Nc1nc(NC[C@H]2CCCN2Cc2ccc3ccccc3n2)nc2nc(-c3ccco3)nn12. The Morgan fingerprint density at radius 2 is 1.97 bits per heavy atom. The third kappa shape index (κ3) is 3.85. The number of anilines is 2. The number of likely N-dealkylation sites (tertiary alicyclic amines) is 1. The number of nitrogen functional groups attached to an aromatic ring is 1. The highest BCUT2D eigenvalue weighted by atomic mass is 16.3. The van der Waals surface area contributed by atoms with Crippen LogP contribution in [0, 0.1) is 0 Å². The van der Waals surface area contributed by atoms with Gasteiger partial charge in [-0.1, -0.05) is 24.3 Å². The summed E-state index contributed by atoms with van der Waals surface area (Å²) in [7, 11) is 0. The van der Waals surface area contributed by atoms with Crippen LogP contribution in [0.4, 0.5) is 11.9 Å². The topological polar surface area (TPSA) is 123 Å². The Morgan fingerprint density at radius 1 is 1.03 bits per heavy atom. The molecule has 0 radical (unpaired) electrons. The summed E-state index contributed by atoms with van der Waals surface area (Å²) >= 11 is 0. The molecule has 1 aliphatic heterocycles. The molecule has 1 aromatic carbocycles. The minimum absolute atomic E-state index is 0.219. The Kier molecular flexibility index (Phi) is 4.84. The van der Waals surface area contributed by atoms with E-state index >= 15 is 0 Å². The van der Waals surface area contributed by atoms with E-state index in [1.165, 1.54) is 4.52 Å². The van der Waals surface area contributed by atoms with Gasteiger partial charge in [-0.15, -0.1) is 5.10 Å². The van der Waals surface area contributed by atoms with Gasteiger partial charge in [-0.3, -0.25) is 9.88 Å². The zero-order valence-electron chi connectivity index (χ0n) is 17.9. The van der Waals surface area contributed by atoms with Gasteiger partial charge in [-0.25, -0.2) is 0 Å². The summed E-state index contributed by atoms with van der Waals surface area (Å²) in [5.74, 6) is 2.01. The Morgan fingerprint density at radius 3 is 2.88 bits per heavy atom. The predicted molar refractivity (Wildman–Crippen MR) is 124 cm³/mol. The number of para-hydroxylation sites is 1. The van der Waals surface area contributed by atoms with E-state index in [4.69, 9.17) is 15.1 Å². The fraction of sp³-hybridized carbons (Fsp3) is 0.261. The van der Waals surface area contributed by atoms with E-state index in [1.807, 2.05) is 12.1 Å². The smallest absolute Gasteiger partial charge is 0.259 e. The van der Waals surface area contributed by atoms with Gasteiger partial charge in [-0.2, -0.15) is 19.5 Å². The van der Waals surface area contributed by atoms with Gasteiger partial charge < -0.3 is 15.5 Å². The molecule has 10 heteroatoms. The maximum absolute atomic E-state index is 6.10. The van der Waals surface area contributed by atoms with Gasteiger partial charge in [0.2, 0.25) is 17.7 Å². The molecule has 0 aliphatic carbocycles. The third-order valence-electron chi connectivity index (χ3n) is 5.99. The van der Waals surface area contributed by atoms with Gasteiger partial charge in [0, 0.05) is 24.5 Å². The van der Waals surface area contributed by atoms with E-state index < -0.39 is 0 Å².